The van der Waals surface area contributed by atoms with E-state index in [9.17, 15) is 23.5 Å². The third kappa shape index (κ3) is 2.98. The molecular formula is C18H16F2N2O3. The largest absolute Gasteiger partial charge is 0.386 e. The molecule has 0 radical (unpaired) electrons. The van der Waals surface area contributed by atoms with E-state index in [2.05, 4.69) is 5.32 Å². The van der Waals surface area contributed by atoms with Gasteiger partial charge in [0.05, 0.1) is 6.54 Å². The lowest BCUT2D eigenvalue weighted by atomic mass is 9.92. The Labute approximate surface area is 142 Å². The van der Waals surface area contributed by atoms with E-state index in [-0.39, 0.29) is 5.56 Å². The quantitative estimate of drug-likeness (QED) is 0.836. The van der Waals surface area contributed by atoms with Gasteiger partial charge in [-0.3, -0.25) is 9.69 Å². The number of imide groups is 1. The molecule has 25 heavy (non-hydrogen) atoms. The molecule has 2 N–H and O–H groups in total. The van der Waals surface area contributed by atoms with E-state index in [0.29, 0.717) is 5.56 Å². The van der Waals surface area contributed by atoms with Gasteiger partial charge < -0.3 is 10.4 Å². The van der Waals surface area contributed by atoms with Crippen LogP contribution in [-0.4, -0.2) is 28.5 Å². The molecule has 0 bridgehead atoms. The first-order chi connectivity index (χ1) is 11.8. The molecule has 0 aromatic heterocycles. The minimum absolute atomic E-state index is 0.311. The van der Waals surface area contributed by atoms with Crippen molar-refractivity contribution in [1.29, 1.82) is 0 Å². The fourth-order valence-corrected chi connectivity index (χ4v) is 2.87. The summed E-state index contributed by atoms with van der Waals surface area (Å²) in [6.45, 7) is 1.07. The number of urea groups is 1. The topological polar surface area (TPSA) is 69.6 Å². The summed E-state index contributed by atoms with van der Waals surface area (Å²) in [5, 5.41) is 12.8. The zero-order chi connectivity index (χ0) is 18.2. The van der Waals surface area contributed by atoms with E-state index in [4.69, 9.17) is 0 Å². The highest BCUT2D eigenvalue weighted by Crippen LogP contribution is 2.30. The minimum Gasteiger partial charge on any atom is -0.386 e. The van der Waals surface area contributed by atoms with Crippen molar-refractivity contribution < 1.29 is 23.5 Å². The molecule has 3 rings (SSSR count). The third-order valence-corrected chi connectivity index (χ3v) is 4.30. The number of benzene rings is 2. The van der Waals surface area contributed by atoms with Crippen LogP contribution in [0.2, 0.25) is 0 Å². The van der Waals surface area contributed by atoms with E-state index in [0.717, 1.165) is 23.1 Å². The van der Waals surface area contributed by atoms with E-state index in [1.54, 1.807) is 37.3 Å². The van der Waals surface area contributed by atoms with Gasteiger partial charge in [0.15, 0.2) is 0 Å². The molecule has 1 fully saturated rings. The molecule has 1 saturated heterocycles. The maximum absolute atomic E-state index is 13.8. The summed E-state index contributed by atoms with van der Waals surface area (Å²) in [7, 11) is 0. The molecule has 3 amide bonds. The van der Waals surface area contributed by atoms with Gasteiger partial charge in [-0.05, 0) is 30.7 Å². The highest BCUT2D eigenvalue weighted by atomic mass is 19.1. The summed E-state index contributed by atoms with van der Waals surface area (Å²) in [4.78, 5) is 25.7. The Morgan fingerprint density at radius 1 is 1.16 bits per heavy atom. The molecular weight excluding hydrogens is 330 g/mol. The van der Waals surface area contributed by atoms with E-state index >= 15 is 0 Å². The smallest absolute Gasteiger partial charge is 0.325 e. The van der Waals surface area contributed by atoms with E-state index < -0.39 is 41.8 Å². The Hall–Kier alpha value is -2.80. The number of halogens is 2. The molecule has 1 aliphatic rings. The Balaban J connectivity index is 1.85. The van der Waals surface area contributed by atoms with Crippen molar-refractivity contribution in [3.8, 4) is 0 Å². The van der Waals surface area contributed by atoms with Gasteiger partial charge >= 0.3 is 6.03 Å². The molecule has 0 saturated carbocycles. The molecule has 7 heteroatoms. The lowest BCUT2D eigenvalue weighted by molar-refractivity contribution is -0.132. The van der Waals surface area contributed by atoms with E-state index in [1.165, 1.54) is 0 Å². The molecule has 1 heterocycles. The number of β-amino-alcohol motifs (C(OH)–C–C–N with tert-alkyl or cyclic N) is 1. The molecule has 2 aromatic rings. The summed E-state index contributed by atoms with van der Waals surface area (Å²) >= 11 is 0. The number of aliphatic hydroxyl groups is 1. The second-order valence-corrected chi connectivity index (χ2v) is 6.02. The van der Waals surface area contributed by atoms with Crippen LogP contribution in [0.5, 0.6) is 0 Å². The van der Waals surface area contributed by atoms with Crippen LogP contribution in [0.15, 0.2) is 48.5 Å². The molecule has 2 atom stereocenters. The van der Waals surface area contributed by atoms with Gasteiger partial charge in [-0.2, -0.15) is 0 Å². The van der Waals surface area contributed by atoms with Gasteiger partial charge in [-0.1, -0.05) is 30.3 Å². The predicted molar refractivity (Wildman–Crippen MR) is 85.4 cm³/mol. The first-order valence-corrected chi connectivity index (χ1v) is 7.65. The average Bonchev–Trinajstić information content (AvgIpc) is 2.82. The number of hydrogen-bond donors (Lipinski definition) is 2. The standard InChI is InChI=1S/C18H16F2N2O3/c1-18(11-5-3-2-4-6-11)16(24)22(17(25)21-18)10-15(23)13-9-12(19)7-8-14(13)20/h2-9,15,23H,10H2,1H3,(H,21,25)/t15-,18+/m0/s1. The first kappa shape index (κ1) is 17.0. The fraction of sp³-hybridized carbons (Fsp3) is 0.222. The van der Waals surface area contributed by atoms with Crippen LogP contribution in [0, 0.1) is 11.6 Å². The number of carbonyl (C=O) groups is 2. The SMILES string of the molecule is C[C@]1(c2ccccc2)NC(=O)N(C[C@H](O)c2cc(F)ccc2F)C1=O. The van der Waals surface area contributed by atoms with Gasteiger partial charge in [0.25, 0.3) is 5.91 Å². The van der Waals surface area contributed by atoms with Gasteiger partial charge in [0.1, 0.15) is 23.3 Å². The molecule has 1 aliphatic heterocycles. The van der Waals surface area contributed by atoms with Crippen LogP contribution >= 0.6 is 0 Å². The Morgan fingerprint density at radius 3 is 2.52 bits per heavy atom. The van der Waals surface area contributed by atoms with Crippen molar-refractivity contribution in [2.75, 3.05) is 6.54 Å². The number of carbonyl (C=O) groups excluding carboxylic acids is 2. The number of hydrogen-bond acceptors (Lipinski definition) is 3. The monoisotopic (exact) mass is 346 g/mol. The number of aliphatic hydroxyl groups excluding tert-OH is 1. The number of nitrogens with one attached hydrogen (secondary N) is 1. The van der Waals surface area contributed by atoms with Crippen molar-refractivity contribution in [2.24, 2.45) is 0 Å². The summed E-state index contributed by atoms with van der Waals surface area (Å²) in [5.41, 5.74) is -1.00. The van der Waals surface area contributed by atoms with Crippen molar-refractivity contribution in [3.05, 3.63) is 71.3 Å². The van der Waals surface area contributed by atoms with Gasteiger partial charge in [0, 0.05) is 5.56 Å². The van der Waals surface area contributed by atoms with Crippen molar-refractivity contribution in [1.82, 2.24) is 10.2 Å². The van der Waals surface area contributed by atoms with Gasteiger partial charge in [0.2, 0.25) is 0 Å². The lowest BCUT2D eigenvalue weighted by Crippen LogP contribution is -2.41. The summed E-state index contributed by atoms with van der Waals surface area (Å²) < 4.78 is 27.1. The fourth-order valence-electron chi connectivity index (χ4n) is 2.87. The first-order valence-electron chi connectivity index (χ1n) is 7.65. The van der Waals surface area contributed by atoms with Crippen LogP contribution in [0.4, 0.5) is 13.6 Å². The average molecular weight is 346 g/mol. The van der Waals surface area contributed by atoms with Gasteiger partial charge in [-0.25, -0.2) is 13.6 Å². The van der Waals surface area contributed by atoms with Crippen molar-refractivity contribution in [2.45, 2.75) is 18.6 Å². The molecule has 130 valence electrons. The molecule has 0 unspecified atom stereocenters. The number of amides is 3. The zero-order valence-electron chi connectivity index (χ0n) is 13.4. The molecule has 5 nitrogen and oxygen atoms in total. The number of rotatable bonds is 4. The van der Waals surface area contributed by atoms with Crippen molar-refractivity contribution in [3.63, 3.8) is 0 Å². The van der Waals surface area contributed by atoms with Crippen LogP contribution in [0.1, 0.15) is 24.2 Å². The molecule has 2 aromatic carbocycles. The minimum atomic E-state index is -1.54. The van der Waals surface area contributed by atoms with Crippen LogP contribution < -0.4 is 5.32 Å². The summed E-state index contributed by atoms with van der Waals surface area (Å²) in [5.74, 6) is -2.10. The van der Waals surface area contributed by atoms with Crippen molar-refractivity contribution >= 4 is 11.9 Å². The third-order valence-electron chi connectivity index (χ3n) is 4.30. The predicted octanol–water partition coefficient (Wildman–Crippen LogP) is 2.47. The number of nitrogens with zero attached hydrogens (tertiary/aromatic N) is 1. The second-order valence-electron chi connectivity index (χ2n) is 6.02. The Bertz CT molecular complexity index is 828. The highest BCUT2D eigenvalue weighted by molar-refractivity contribution is 6.07. The van der Waals surface area contributed by atoms with Crippen LogP contribution in [0.25, 0.3) is 0 Å². The second kappa shape index (κ2) is 6.25. The maximum Gasteiger partial charge on any atom is 0.325 e. The van der Waals surface area contributed by atoms with Crippen LogP contribution in [-0.2, 0) is 10.3 Å². The summed E-state index contributed by atoms with van der Waals surface area (Å²) in [6.07, 6.45) is -1.54. The molecule has 0 aliphatic carbocycles. The normalized spacial score (nSPS) is 21.4. The maximum atomic E-state index is 13.8. The Kier molecular flexibility index (Phi) is 4.26. The zero-order valence-corrected chi connectivity index (χ0v) is 13.4. The van der Waals surface area contributed by atoms with Gasteiger partial charge in [-0.15, -0.1) is 0 Å². The molecule has 0 spiro atoms. The van der Waals surface area contributed by atoms with E-state index in [1.807, 2.05) is 0 Å². The lowest BCUT2D eigenvalue weighted by Gasteiger charge is -2.23. The highest BCUT2D eigenvalue weighted by Gasteiger charge is 2.49. The van der Waals surface area contributed by atoms with Crippen LogP contribution in [0.3, 0.4) is 0 Å². The summed E-state index contributed by atoms with van der Waals surface area (Å²) in [6, 6.07) is 10.6. The Morgan fingerprint density at radius 2 is 1.84 bits per heavy atom.